The molecule has 0 bridgehead atoms. The van der Waals surface area contributed by atoms with Gasteiger partial charge in [-0.05, 0) is 25.7 Å². The highest BCUT2D eigenvalue weighted by atomic mass is 16.2. The standard InChI is InChI=1S/C13H25N3O3/c1-9(2)7-11(14)13(19)15-8-12(18)16-10(3)5-4-6-17/h6,9-11H,4-5,7-8,14H2,1-3H3,(H,15,19)(H,16,18). The van der Waals surface area contributed by atoms with Gasteiger partial charge in [0, 0.05) is 12.5 Å². The van der Waals surface area contributed by atoms with E-state index in [1.54, 1.807) is 0 Å². The molecule has 0 spiro atoms. The summed E-state index contributed by atoms with van der Waals surface area (Å²) < 4.78 is 0. The SMILES string of the molecule is CC(C)CC(N)C(=O)NCC(=O)NC(C)CCC=O. The molecule has 2 atom stereocenters. The molecule has 110 valence electrons. The summed E-state index contributed by atoms with van der Waals surface area (Å²) in [5.74, 6) is -0.258. The maximum absolute atomic E-state index is 11.6. The molecule has 0 saturated heterocycles. The first kappa shape index (κ1) is 17.6. The highest BCUT2D eigenvalue weighted by Crippen LogP contribution is 2.02. The largest absolute Gasteiger partial charge is 0.352 e. The molecule has 0 aliphatic rings. The third-order valence-corrected chi connectivity index (χ3v) is 2.61. The molecule has 0 aromatic rings. The van der Waals surface area contributed by atoms with Gasteiger partial charge < -0.3 is 21.2 Å². The first-order valence-corrected chi connectivity index (χ1v) is 6.63. The van der Waals surface area contributed by atoms with Gasteiger partial charge in [-0.15, -0.1) is 0 Å². The van der Waals surface area contributed by atoms with Crippen LogP contribution in [0.15, 0.2) is 0 Å². The van der Waals surface area contributed by atoms with Gasteiger partial charge in [-0.3, -0.25) is 9.59 Å². The average Bonchev–Trinajstić information content (AvgIpc) is 2.32. The van der Waals surface area contributed by atoms with Crippen LogP contribution < -0.4 is 16.4 Å². The first-order chi connectivity index (χ1) is 8.86. The van der Waals surface area contributed by atoms with Crippen LogP contribution in [0.2, 0.25) is 0 Å². The van der Waals surface area contributed by atoms with Gasteiger partial charge in [-0.2, -0.15) is 0 Å². The number of hydrogen-bond acceptors (Lipinski definition) is 4. The van der Waals surface area contributed by atoms with Crippen molar-refractivity contribution in [3.05, 3.63) is 0 Å². The van der Waals surface area contributed by atoms with Crippen LogP contribution in [0.1, 0.15) is 40.0 Å². The molecule has 6 nitrogen and oxygen atoms in total. The van der Waals surface area contributed by atoms with E-state index in [2.05, 4.69) is 10.6 Å². The van der Waals surface area contributed by atoms with E-state index in [-0.39, 0.29) is 24.4 Å². The number of amides is 2. The number of carbonyl (C=O) groups is 3. The highest BCUT2D eigenvalue weighted by Gasteiger charge is 2.16. The summed E-state index contributed by atoms with van der Waals surface area (Å²) in [5, 5.41) is 5.20. The van der Waals surface area contributed by atoms with E-state index in [4.69, 9.17) is 5.73 Å². The molecule has 0 saturated carbocycles. The van der Waals surface area contributed by atoms with Crippen molar-refractivity contribution in [1.82, 2.24) is 10.6 Å². The van der Waals surface area contributed by atoms with Crippen molar-refractivity contribution in [2.75, 3.05) is 6.54 Å². The number of hydrogen-bond donors (Lipinski definition) is 3. The molecule has 6 heteroatoms. The van der Waals surface area contributed by atoms with E-state index in [0.717, 1.165) is 6.29 Å². The second-order valence-electron chi connectivity index (χ2n) is 5.17. The van der Waals surface area contributed by atoms with Crippen LogP contribution in [0.5, 0.6) is 0 Å². The van der Waals surface area contributed by atoms with E-state index in [1.165, 1.54) is 0 Å². The Morgan fingerprint density at radius 1 is 1.26 bits per heavy atom. The number of carbonyl (C=O) groups excluding carboxylic acids is 3. The summed E-state index contributed by atoms with van der Waals surface area (Å²) in [5.41, 5.74) is 5.69. The van der Waals surface area contributed by atoms with Gasteiger partial charge in [0.2, 0.25) is 11.8 Å². The van der Waals surface area contributed by atoms with E-state index in [1.807, 2.05) is 20.8 Å². The van der Waals surface area contributed by atoms with Crippen molar-refractivity contribution in [1.29, 1.82) is 0 Å². The summed E-state index contributed by atoms with van der Waals surface area (Å²) in [6, 6.07) is -0.667. The Kier molecular flexibility index (Phi) is 8.78. The number of nitrogens with one attached hydrogen (secondary N) is 2. The molecule has 0 radical (unpaired) electrons. The van der Waals surface area contributed by atoms with Gasteiger partial charge >= 0.3 is 0 Å². The van der Waals surface area contributed by atoms with E-state index in [0.29, 0.717) is 25.2 Å². The smallest absolute Gasteiger partial charge is 0.239 e. The molecule has 19 heavy (non-hydrogen) atoms. The van der Waals surface area contributed by atoms with Gasteiger partial charge in [-0.25, -0.2) is 0 Å². The lowest BCUT2D eigenvalue weighted by molar-refractivity contribution is -0.127. The zero-order valence-electron chi connectivity index (χ0n) is 11.9. The zero-order chi connectivity index (χ0) is 14.8. The summed E-state index contributed by atoms with van der Waals surface area (Å²) in [7, 11) is 0. The fourth-order valence-electron chi connectivity index (χ4n) is 1.63. The lowest BCUT2D eigenvalue weighted by Crippen LogP contribution is -2.46. The Hall–Kier alpha value is -1.43. The molecular weight excluding hydrogens is 246 g/mol. The molecule has 2 amide bonds. The van der Waals surface area contributed by atoms with E-state index < -0.39 is 6.04 Å². The molecule has 0 aromatic carbocycles. The van der Waals surface area contributed by atoms with Crippen molar-refractivity contribution < 1.29 is 14.4 Å². The molecule has 0 fully saturated rings. The minimum atomic E-state index is -0.583. The van der Waals surface area contributed by atoms with Gasteiger partial charge in [0.05, 0.1) is 12.6 Å². The number of aldehydes is 1. The van der Waals surface area contributed by atoms with Crippen LogP contribution in [-0.2, 0) is 14.4 Å². The van der Waals surface area contributed by atoms with Crippen molar-refractivity contribution in [2.45, 2.75) is 52.1 Å². The maximum atomic E-state index is 11.6. The van der Waals surface area contributed by atoms with E-state index >= 15 is 0 Å². The second-order valence-corrected chi connectivity index (χ2v) is 5.17. The molecule has 0 heterocycles. The van der Waals surface area contributed by atoms with Crippen LogP contribution in [0.4, 0.5) is 0 Å². The molecule has 0 aliphatic carbocycles. The molecule has 0 rings (SSSR count). The fourth-order valence-corrected chi connectivity index (χ4v) is 1.63. The monoisotopic (exact) mass is 271 g/mol. The van der Waals surface area contributed by atoms with Crippen molar-refractivity contribution >= 4 is 18.1 Å². The average molecular weight is 271 g/mol. The van der Waals surface area contributed by atoms with Gasteiger partial charge in [0.15, 0.2) is 0 Å². The van der Waals surface area contributed by atoms with Crippen LogP contribution in [0.3, 0.4) is 0 Å². The Balaban J connectivity index is 3.89. The Labute approximate surface area is 114 Å². The van der Waals surface area contributed by atoms with Gasteiger partial charge in [0.25, 0.3) is 0 Å². The Morgan fingerprint density at radius 3 is 2.42 bits per heavy atom. The maximum Gasteiger partial charge on any atom is 0.239 e. The normalized spacial score (nSPS) is 13.7. The minimum absolute atomic E-state index is 0.0843. The molecular formula is C13H25N3O3. The molecule has 4 N–H and O–H groups in total. The Morgan fingerprint density at radius 2 is 1.89 bits per heavy atom. The molecule has 2 unspecified atom stereocenters. The third kappa shape index (κ3) is 9.18. The van der Waals surface area contributed by atoms with Crippen LogP contribution in [0.25, 0.3) is 0 Å². The minimum Gasteiger partial charge on any atom is -0.352 e. The van der Waals surface area contributed by atoms with Crippen molar-refractivity contribution in [2.24, 2.45) is 11.7 Å². The number of rotatable bonds is 9. The van der Waals surface area contributed by atoms with Crippen molar-refractivity contribution in [3.8, 4) is 0 Å². The molecule has 0 aliphatic heterocycles. The third-order valence-electron chi connectivity index (χ3n) is 2.61. The quantitative estimate of drug-likeness (QED) is 0.512. The van der Waals surface area contributed by atoms with E-state index in [9.17, 15) is 14.4 Å². The first-order valence-electron chi connectivity index (χ1n) is 6.63. The Bertz CT molecular complexity index is 306. The zero-order valence-corrected chi connectivity index (χ0v) is 11.9. The van der Waals surface area contributed by atoms with Crippen LogP contribution >= 0.6 is 0 Å². The van der Waals surface area contributed by atoms with Crippen molar-refractivity contribution in [3.63, 3.8) is 0 Å². The summed E-state index contributed by atoms with van der Waals surface area (Å²) >= 11 is 0. The molecule has 0 aromatic heterocycles. The predicted octanol–water partition coefficient (Wildman–Crippen LogP) is -0.0402. The van der Waals surface area contributed by atoms with Crippen LogP contribution in [-0.4, -0.2) is 36.7 Å². The van der Waals surface area contributed by atoms with Gasteiger partial charge in [0.1, 0.15) is 6.29 Å². The summed E-state index contributed by atoms with van der Waals surface area (Å²) in [6.45, 7) is 5.69. The lowest BCUT2D eigenvalue weighted by Gasteiger charge is -2.15. The second kappa shape index (κ2) is 9.49. The number of nitrogens with two attached hydrogens (primary N) is 1. The van der Waals surface area contributed by atoms with Gasteiger partial charge in [-0.1, -0.05) is 13.8 Å². The topological polar surface area (TPSA) is 101 Å². The predicted molar refractivity (Wildman–Crippen MR) is 73.3 cm³/mol. The fraction of sp³-hybridized carbons (Fsp3) is 0.769. The van der Waals surface area contributed by atoms with Crippen LogP contribution in [0, 0.1) is 5.92 Å². The summed E-state index contributed by atoms with van der Waals surface area (Å²) in [6.07, 6.45) is 2.40. The highest BCUT2D eigenvalue weighted by molar-refractivity contribution is 5.87. The lowest BCUT2D eigenvalue weighted by atomic mass is 10.0. The summed E-state index contributed by atoms with van der Waals surface area (Å²) in [4.78, 5) is 33.3.